The van der Waals surface area contributed by atoms with E-state index < -0.39 is 0 Å². The molecule has 0 amide bonds. The number of nitrogens with one attached hydrogen (secondary N) is 1. The minimum atomic E-state index is 0. The second-order valence-corrected chi connectivity index (χ2v) is 6.97. The molecule has 2 rings (SSSR count). The molecule has 0 atom stereocenters. The lowest BCUT2D eigenvalue weighted by atomic mass is 9.75. The molecule has 1 aliphatic carbocycles. The highest BCUT2D eigenvalue weighted by Gasteiger charge is 2.28. The van der Waals surface area contributed by atoms with Crippen molar-refractivity contribution in [2.45, 2.75) is 45.6 Å². The fourth-order valence-corrected chi connectivity index (χ4v) is 3.24. The van der Waals surface area contributed by atoms with Crippen LogP contribution in [0.15, 0.2) is 0 Å². The van der Waals surface area contributed by atoms with Gasteiger partial charge >= 0.3 is 0 Å². The third-order valence-corrected chi connectivity index (χ3v) is 4.91. The topological polar surface area (TPSA) is 18.5 Å². The van der Waals surface area contributed by atoms with Crippen molar-refractivity contribution >= 4 is 24.8 Å². The lowest BCUT2D eigenvalue weighted by molar-refractivity contribution is 0.113. The van der Waals surface area contributed by atoms with Gasteiger partial charge in [-0.1, -0.05) is 13.8 Å². The maximum absolute atomic E-state index is 3.42. The molecule has 3 nitrogen and oxygen atoms in total. The van der Waals surface area contributed by atoms with Crippen molar-refractivity contribution in [1.29, 1.82) is 0 Å². The first kappa shape index (κ1) is 20.5. The summed E-state index contributed by atoms with van der Waals surface area (Å²) < 4.78 is 0. The average Bonchev–Trinajstić information content (AvgIpc) is 2.37. The van der Waals surface area contributed by atoms with Gasteiger partial charge in [-0.15, -0.1) is 24.8 Å². The Morgan fingerprint density at radius 1 is 1.10 bits per heavy atom. The molecule has 0 aromatic heterocycles. The highest BCUT2D eigenvalue weighted by atomic mass is 35.5. The van der Waals surface area contributed by atoms with E-state index in [1.54, 1.807) is 0 Å². The molecule has 0 bridgehead atoms. The van der Waals surface area contributed by atoms with Crippen molar-refractivity contribution in [2.75, 3.05) is 46.3 Å². The van der Waals surface area contributed by atoms with Crippen molar-refractivity contribution in [3.63, 3.8) is 0 Å². The third-order valence-electron chi connectivity index (χ3n) is 4.91. The average molecular weight is 326 g/mol. The van der Waals surface area contributed by atoms with Gasteiger partial charge in [0.05, 0.1) is 0 Å². The Morgan fingerprint density at radius 2 is 1.65 bits per heavy atom. The Hall–Kier alpha value is 0.460. The molecule has 0 spiro atoms. The molecule has 0 aromatic rings. The molecule has 2 fully saturated rings. The molecule has 1 N–H and O–H groups in total. The first-order valence-corrected chi connectivity index (χ1v) is 7.70. The third kappa shape index (κ3) is 6.48. The van der Waals surface area contributed by atoms with Crippen molar-refractivity contribution in [1.82, 2.24) is 15.1 Å². The number of likely N-dealkylation sites (N-methyl/N-ethyl adjacent to an activating group) is 1. The van der Waals surface area contributed by atoms with Gasteiger partial charge in [0.25, 0.3) is 0 Å². The van der Waals surface area contributed by atoms with Gasteiger partial charge in [-0.25, -0.2) is 0 Å². The van der Waals surface area contributed by atoms with Gasteiger partial charge < -0.3 is 10.2 Å². The summed E-state index contributed by atoms with van der Waals surface area (Å²) in [5.74, 6) is 0. The van der Waals surface area contributed by atoms with E-state index in [9.17, 15) is 0 Å². The summed E-state index contributed by atoms with van der Waals surface area (Å²) >= 11 is 0. The first-order valence-electron chi connectivity index (χ1n) is 7.70. The van der Waals surface area contributed by atoms with E-state index in [0.29, 0.717) is 5.41 Å². The number of hydrogen-bond donors (Lipinski definition) is 1. The van der Waals surface area contributed by atoms with Crippen LogP contribution < -0.4 is 5.32 Å². The summed E-state index contributed by atoms with van der Waals surface area (Å²) in [5.41, 5.74) is 0.593. The van der Waals surface area contributed by atoms with Gasteiger partial charge in [0.1, 0.15) is 0 Å². The van der Waals surface area contributed by atoms with Gasteiger partial charge in [-0.05, 0) is 38.1 Å². The molecular formula is C15H33Cl2N3. The van der Waals surface area contributed by atoms with Crippen LogP contribution in [-0.4, -0.2) is 62.2 Å². The molecule has 1 saturated heterocycles. The Morgan fingerprint density at radius 3 is 2.20 bits per heavy atom. The van der Waals surface area contributed by atoms with Crippen LogP contribution in [0.3, 0.4) is 0 Å². The molecular weight excluding hydrogens is 293 g/mol. The SMILES string of the molecule is CN(CCN1CCNCC1)C1CCC(C)(C)CC1.Cl.Cl. The maximum Gasteiger partial charge on any atom is 0.0110 e. The largest absolute Gasteiger partial charge is 0.314 e. The molecule has 1 aliphatic heterocycles. The Bertz CT molecular complexity index is 246. The van der Waals surface area contributed by atoms with Crippen LogP contribution >= 0.6 is 24.8 Å². The minimum absolute atomic E-state index is 0. The summed E-state index contributed by atoms with van der Waals surface area (Å²) in [7, 11) is 2.32. The van der Waals surface area contributed by atoms with Gasteiger partial charge in [0.15, 0.2) is 0 Å². The summed E-state index contributed by atoms with van der Waals surface area (Å²) in [4.78, 5) is 5.21. The Labute approximate surface area is 137 Å². The molecule has 2 aliphatic rings. The molecule has 0 radical (unpaired) electrons. The van der Waals surface area contributed by atoms with Gasteiger partial charge in [-0.3, -0.25) is 4.90 Å². The van der Waals surface area contributed by atoms with Crippen LogP contribution in [-0.2, 0) is 0 Å². The lowest BCUT2D eigenvalue weighted by Crippen LogP contribution is -2.47. The van der Waals surface area contributed by atoms with E-state index in [0.717, 1.165) is 6.04 Å². The monoisotopic (exact) mass is 325 g/mol. The zero-order valence-electron chi connectivity index (χ0n) is 13.4. The predicted molar refractivity (Wildman–Crippen MR) is 92.5 cm³/mol. The molecule has 1 heterocycles. The Balaban J connectivity index is 0.00000180. The summed E-state index contributed by atoms with van der Waals surface area (Å²) in [6.45, 7) is 12.1. The molecule has 0 unspecified atom stereocenters. The number of halogens is 2. The molecule has 122 valence electrons. The zero-order chi connectivity index (χ0) is 13.0. The van der Waals surface area contributed by atoms with E-state index in [1.807, 2.05) is 0 Å². The van der Waals surface area contributed by atoms with E-state index in [4.69, 9.17) is 0 Å². The van der Waals surface area contributed by atoms with Crippen LogP contribution in [0.5, 0.6) is 0 Å². The summed E-state index contributed by atoms with van der Waals surface area (Å²) in [6.07, 6.45) is 5.58. The second kappa shape index (κ2) is 9.47. The van der Waals surface area contributed by atoms with Crippen LogP contribution in [0.25, 0.3) is 0 Å². The van der Waals surface area contributed by atoms with Gasteiger partial charge in [0.2, 0.25) is 0 Å². The maximum atomic E-state index is 3.42. The zero-order valence-corrected chi connectivity index (χ0v) is 15.0. The van der Waals surface area contributed by atoms with Crippen molar-refractivity contribution in [3.05, 3.63) is 0 Å². The Kier molecular flexibility index (Phi) is 9.69. The first-order chi connectivity index (χ1) is 8.57. The van der Waals surface area contributed by atoms with Gasteiger partial charge in [-0.2, -0.15) is 0 Å². The van der Waals surface area contributed by atoms with Crippen molar-refractivity contribution in [2.24, 2.45) is 5.41 Å². The van der Waals surface area contributed by atoms with E-state index >= 15 is 0 Å². The molecule has 20 heavy (non-hydrogen) atoms. The van der Waals surface area contributed by atoms with Crippen molar-refractivity contribution in [3.8, 4) is 0 Å². The number of hydrogen-bond acceptors (Lipinski definition) is 3. The summed E-state index contributed by atoms with van der Waals surface area (Å²) in [5, 5.41) is 3.42. The van der Waals surface area contributed by atoms with E-state index in [-0.39, 0.29) is 24.8 Å². The predicted octanol–water partition coefficient (Wildman–Crippen LogP) is 2.64. The number of piperazine rings is 1. The fraction of sp³-hybridized carbons (Fsp3) is 1.00. The quantitative estimate of drug-likeness (QED) is 0.857. The normalized spacial score (nSPS) is 24.0. The second-order valence-electron chi connectivity index (χ2n) is 6.97. The molecule has 5 heteroatoms. The highest BCUT2D eigenvalue weighted by Crippen LogP contribution is 2.36. The fourth-order valence-electron chi connectivity index (χ4n) is 3.24. The van der Waals surface area contributed by atoms with E-state index in [2.05, 4.69) is 36.0 Å². The van der Waals surface area contributed by atoms with Gasteiger partial charge in [0, 0.05) is 45.3 Å². The van der Waals surface area contributed by atoms with Crippen LogP contribution in [0.4, 0.5) is 0 Å². The molecule has 1 saturated carbocycles. The smallest absolute Gasteiger partial charge is 0.0110 e. The number of rotatable bonds is 4. The lowest BCUT2D eigenvalue weighted by Gasteiger charge is -2.39. The molecule has 0 aromatic carbocycles. The number of nitrogens with zero attached hydrogens (tertiary/aromatic N) is 2. The highest BCUT2D eigenvalue weighted by molar-refractivity contribution is 5.85. The van der Waals surface area contributed by atoms with Crippen LogP contribution in [0, 0.1) is 5.41 Å². The summed E-state index contributed by atoms with van der Waals surface area (Å²) in [6, 6.07) is 0.834. The van der Waals surface area contributed by atoms with Crippen molar-refractivity contribution < 1.29 is 0 Å². The standard InChI is InChI=1S/C15H31N3.2ClH/c1-15(2)6-4-14(5-7-15)17(3)12-13-18-10-8-16-9-11-18;;/h14,16H,4-13H2,1-3H3;2*1H. The minimum Gasteiger partial charge on any atom is -0.314 e. The van der Waals surface area contributed by atoms with E-state index in [1.165, 1.54) is 65.0 Å². The van der Waals surface area contributed by atoms with Crippen LogP contribution in [0.1, 0.15) is 39.5 Å². The van der Waals surface area contributed by atoms with Crippen LogP contribution in [0.2, 0.25) is 0 Å².